The number of likely N-dealkylation sites (tertiary alicyclic amines) is 1. The number of likely N-dealkylation sites (N-methyl/N-ethyl adjacent to an activating group) is 1. The summed E-state index contributed by atoms with van der Waals surface area (Å²) in [5.41, 5.74) is 1.72. The molecular formula is C15H15N5OS. The predicted molar refractivity (Wildman–Crippen MR) is 84.1 cm³/mol. The van der Waals surface area contributed by atoms with E-state index in [1.54, 1.807) is 29.2 Å². The van der Waals surface area contributed by atoms with Crippen molar-refractivity contribution in [1.82, 2.24) is 14.9 Å². The van der Waals surface area contributed by atoms with Crippen LogP contribution in [0.3, 0.4) is 0 Å². The van der Waals surface area contributed by atoms with Crippen molar-refractivity contribution in [1.29, 1.82) is 5.26 Å². The Balaban J connectivity index is 1.78. The van der Waals surface area contributed by atoms with Gasteiger partial charge in [-0.3, -0.25) is 19.6 Å². The molecule has 1 aliphatic heterocycles. The first-order chi connectivity index (χ1) is 10.7. The van der Waals surface area contributed by atoms with E-state index in [2.05, 4.69) is 16.2 Å². The molecule has 112 valence electrons. The van der Waals surface area contributed by atoms with Crippen LogP contribution in [-0.2, 0) is 4.79 Å². The van der Waals surface area contributed by atoms with E-state index in [-0.39, 0.29) is 11.9 Å². The van der Waals surface area contributed by atoms with E-state index in [0.29, 0.717) is 11.7 Å². The molecule has 7 heteroatoms. The maximum absolute atomic E-state index is 12.5. The highest BCUT2D eigenvalue weighted by molar-refractivity contribution is 7.14. The molecule has 6 nitrogen and oxygen atoms in total. The standard InChI is InChI=1S/C15H15N5OS/c1-19(14(21)13-5-3-7-20(13)10-16)15-18-12(9-22-15)11-4-2-6-17-8-11/h2,4,6,8-9,13H,3,5,7H2,1H3/t13-/m0/s1. The highest BCUT2D eigenvalue weighted by Crippen LogP contribution is 2.28. The van der Waals surface area contributed by atoms with Gasteiger partial charge in [-0.25, -0.2) is 4.98 Å². The van der Waals surface area contributed by atoms with E-state index in [1.807, 2.05) is 17.5 Å². The average Bonchev–Trinajstić information content (AvgIpc) is 3.23. The molecule has 2 aromatic heterocycles. The van der Waals surface area contributed by atoms with Crippen molar-refractivity contribution < 1.29 is 4.79 Å². The van der Waals surface area contributed by atoms with E-state index in [1.165, 1.54) is 11.3 Å². The first-order valence-electron chi connectivity index (χ1n) is 7.00. The molecule has 2 aromatic rings. The fourth-order valence-electron chi connectivity index (χ4n) is 2.53. The monoisotopic (exact) mass is 313 g/mol. The van der Waals surface area contributed by atoms with Gasteiger partial charge in [0.2, 0.25) is 0 Å². The average molecular weight is 313 g/mol. The minimum Gasteiger partial charge on any atom is -0.298 e. The number of amides is 1. The third-order valence-electron chi connectivity index (χ3n) is 3.73. The lowest BCUT2D eigenvalue weighted by molar-refractivity contribution is -0.121. The van der Waals surface area contributed by atoms with Crippen LogP contribution in [0.2, 0.25) is 0 Å². The molecule has 1 saturated heterocycles. The summed E-state index contributed by atoms with van der Waals surface area (Å²) in [7, 11) is 1.71. The summed E-state index contributed by atoms with van der Waals surface area (Å²) in [6.07, 6.45) is 7.14. The maximum atomic E-state index is 12.5. The number of hydrogen-bond acceptors (Lipinski definition) is 6. The molecule has 0 aromatic carbocycles. The van der Waals surface area contributed by atoms with E-state index >= 15 is 0 Å². The van der Waals surface area contributed by atoms with Crippen LogP contribution in [0.1, 0.15) is 12.8 Å². The summed E-state index contributed by atoms with van der Waals surface area (Å²) < 4.78 is 0. The number of anilines is 1. The lowest BCUT2D eigenvalue weighted by Crippen LogP contribution is -2.42. The molecule has 0 spiro atoms. The van der Waals surface area contributed by atoms with Gasteiger partial charge in [0.25, 0.3) is 5.91 Å². The molecule has 1 aliphatic rings. The van der Waals surface area contributed by atoms with Crippen LogP contribution in [0, 0.1) is 11.5 Å². The molecule has 0 saturated carbocycles. The van der Waals surface area contributed by atoms with Crippen LogP contribution < -0.4 is 4.90 Å². The van der Waals surface area contributed by atoms with Gasteiger partial charge < -0.3 is 0 Å². The molecule has 0 bridgehead atoms. The van der Waals surface area contributed by atoms with Crippen LogP contribution in [0.15, 0.2) is 29.9 Å². The Labute approximate surface area is 132 Å². The third-order valence-corrected chi connectivity index (χ3v) is 4.65. The minimum atomic E-state index is -0.360. The molecular weight excluding hydrogens is 298 g/mol. The Morgan fingerprint density at radius 1 is 1.59 bits per heavy atom. The predicted octanol–water partition coefficient (Wildman–Crippen LogP) is 2.11. The van der Waals surface area contributed by atoms with E-state index < -0.39 is 0 Å². The number of aromatic nitrogens is 2. The van der Waals surface area contributed by atoms with Crippen LogP contribution in [0.25, 0.3) is 11.3 Å². The summed E-state index contributed by atoms with van der Waals surface area (Å²) in [6.45, 7) is 0.652. The number of rotatable bonds is 3. The summed E-state index contributed by atoms with van der Waals surface area (Å²) >= 11 is 1.41. The fourth-order valence-corrected chi connectivity index (χ4v) is 3.33. The van der Waals surface area contributed by atoms with Crippen LogP contribution >= 0.6 is 11.3 Å². The Morgan fingerprint density at radius 2 is 2.45 bits per heavy atom. The second-order valence-corrected chi connectivity index (χ2v) is 5.94. The van der Waals surface area contributed by atoms with Gasteiger partial charge in [0, 0.05) is 36.9 Å². The van der Waals surface area contributed by atoms with E-state index in [9.17, 15) is 4.79 Å². The summed E-state index contributed by atoms with van der Waals surface area (Å²) in [4.78, 5) is 24.2. The Morgan fingerprint density at radius 3 is 3.18 bits per heavy atom. The van der Waals surface area contributed by atoms with Gasteiger partial charge in [0.15, 0.2) is 11.3 Å². The van der Waals surface area contributed by atoms with Gasteiger partial charge in [0.05, 0.1) is 5.69 Å². The molecule has 1 amide bonds. The minimum absolute atomic E-state index is 0.0777. The number of pyridine rings is 1. The van der Waals surface area contributed by atoms with Crippen molar-refractivity contribution in [3.63, 3.8) is 0 Å². The Hall–Kier alpha value is -2.46. The summed E-state index contributed by atoms with van der Waals surface area (Å²) in [5.74, 6) is -0.0777. The quantitative estimate of drug-likeness (QED) is 0.812. The molecule has 3 heterocycles. The molecule has 3 rings (SSSR count). The summed E-state index contributed by atoms with van der Waals surface area (Å²) in [5, 5.41) is 11.6. The zero-order valence-corrected chi connectivity index (χ0v) is 13.0. The highest BCUT2D eigenvalue weighted by atomic mass is 32.1. The molecule has 1 fully saturated rings. The largest absolute Gasteiger partial charge is 0.298 e. The highest BCUT2D eigenvalue weighted by Gasteiger charge is 2.33. The van der Waals surface area contributed by atoms with Crippen molar-refractivity contribution in [3.05, 3.63) is 29.9 Å². The molecule has 22 heavy (non-hydrogen) atoms. The van der Waals surface area contributed by atoms with E-state index in [0.717, 1.165) is 24.1 Å². The number of carbonyl (C=O) groups is 1. The van der Waals surface area contributed by atoms with Crippen molar-refractivity contribution in [2.45, 2.75) is 18.9 Å². The number of nitrogens with zero attached hydrogens (tertiary/aromatic N) is 5. The molecule has 0 N–H and O–H groups in total. The second kappa shape index (κ2) is 6.12. The Kier molecular flexibility index (Phi) is 4.02. The van der Waals surface area contributed by atoms with Crippen LogP contribution in [0.4, 0.5) is 5.13 Å². The summed E-state index contributed by atoms with van der Waals surface area (Å²) in [6, 6.07) is 3.43. The zero-order valence-electron chi connectivity index (χ0n) is 12.1. The topological polar surface area (TPSA) is 73.1 Å². The molecule has 0 aliphatic carbocycles. The van der Waals surface area contributed by atoms with Gasteiger partial charge in [-0.1, -0.05) is 0 Å². The van der Waals surface area contributed by atoms with Gasteiger partial charge in [-0.15, -0.1) is 11.3 Å². The van der Waals surface area contributed by atoms with Crippen molar-refractivity contribution in [2.24, 2.45) is 0 Å². The number of thiazole rings is 1. The number of nitriles is 1. The zero-order chi connectivity index (χ0) is 15.5. The smallest absolute Gasteiger partial charge is 0.251 e. The van der Waals surface area contributed by atoms with Gasteiger partial charge >= 0.3 is 0 Å². The maximum Gasteiger partial charge on any atom is 0.251 e. The first kappa shape index (κ1) is 14.5. The number of carbonyl (C=O) groups excluding carboxylic acids is 1. The van der Waals surface area contributed by atoms with Crippen LogP contribution in [-0.4, -0.2) is 40.4 Å². The molecule has 1 atom stereocenters. The second-order valence-electron chi connectivity index (χ2n) is 5.11. The van der Waals surface area contributed by atoms with Gasteiger partial charge in [-0.05, 0) is 25.0 Å². The van der Waals surface area contributed by atoms with Crippen molar-refractivity contribution in [3.8, 4) is 17.5 Å². The third kappa shape index (κ3) is 2.65. The van der Waals surface area contributed by atoms with Gasteiger partial charge in [0.1, 0.15) is 6.04 Å². The van der Waals surface area contributed by atoms with E-state index in [4.69, 9.17) is 5.26 Å². The lowest BCUT2D eigenvalue weighted by Gasteiger charge is -2.22. The molecule has 0 radical (unpaired) electrons. The van der Waals surface area contributed by atoms with Gasteiger partial charge in [-0.2, -0.15) is 5.26 Å². The Bertz CT molecular complexity index is 708. The normalized spacial score (nSPS) is 17.3. The number of hydrogen-bond donors (Lipinski definition) is 0. The van der Waals surface area contributed by atoms with Crippen molar-refractivity contribution in [2.75, 3.05) is 18.5 Å². The fraction of sp³-hybridized carbons (Fsp3) is 0.333. The SMILES string of the molecule is CN(C(=O)[C@@H]1CCCN1C#N)c1nc(-c2cccnc2)cs1. The molecule has 0 unspecified atom stereocenters. The first-order valence-corrected chi connectivity index (χ1v) is 7.88. The lowest BCUT2D eigenvalue weighted by atomic mass is 10.2. The van der Waals surface area contributed by atoms with Crippen molar-refractivity contribution >= 4 is 22.4 Å². The van der Waals surface area contributed by atoms with Crippen LogP contribution in [0.5, 0.6) is 0 Å².